The Balaban J connectivity index is 1.49. The van der Waals surface area contributed by atoms with Gasteiger partial charge in [-0.1, -0.05) is 30.3 Å². The zero-order valence-electron chi connectivity index (χ0n) is 16.0. The number of nitrogens with zero attached hydrogens (tertiary/aromatic N) is 4. The number of anilines is 1. The normalized spacial score (nSPS) is 14.2. The van der Waals surface area contributed by atoms with E-state index < -0.39 is 17.5 Å². The van der Waals surface area contributed by atoms with Gasteiger partial charge in [-0.3, -0.25) is 4.79 Å². The predicted molar refractivity (Wildman–Crippen MR) is 107 cm³/mol. The van der Waals surface area contributed by atoms with Gasteiger partial charge in [-0.05, 0) is 25.1 Å². The predicted octanol–water partition coefficient (Wildman–Crippen LogP) is 3.69. The van der Waals surface area contributed by atoms with E-state index in [4.69, 9.17) is 0 Å². The fourth-order valence-electron chi connectivity index (χ4n) is 3.44. The largest absolute Gasteiger partial charge is 0.353 e. The molecule has 0 unspecified atom stereocenters. The third-order valence-corrected chi connectivity index (χ3v) is 4.94. The van der Waals surface area contributed by atoms with E-state index in [1.165, 1.54) is 0 Å². The Kier molecular flexibility index (Phi) is 5.20. The summed E-state index contributed by atoms with van der Waals surface area (Å²) in [5.41, 5.74) is 1.62. The number of benzene rings is 2. The zero-order valence-corrected chi connectivity index (χ0v) is 16.0. The topological polar surface area (TPSA) is 49.3 Å². The second kappa shape index (κ2) is 7.95. The van der Waals surface area contributed by atoms with Crippen molar-refractivity contribution in [1.29, 1.82) is 0 Å². The molecule has 0 saturated carbocycles. The quantitative estimate of drug-likeness (QED) is 0.680. The Labute approximate surface area is 167 Å². The Hall–Kier alpha value is -3.35. The molecule has 1 aliphatic rings. The lowest BCUT2D eigenvalue weighted by molar-refractivity contribution is 0.0741. The molecule has 1 saturated heterocycles. The molecule has 0 aliphatic carbocycles. The van der Waals surface area contributed by atoms with E-state index in [9.17, 15) is 13.6 Å². The van der Waals surface area contributed by atoms with Gasteiger partial charge in [0, 0.05) is 37.8 Å². The molecule has 5 nitrogen and oxygen atoms in total. The molecular weight excluding hydrogens is 374 g/mol. The molecule has 148 valence electrons. The number of amides is 1. The monoisotopic (exact) mass is 394 g/mol. The number of halogens is 2. The van der Waals surface area contributed by atoms with Crippen molar-refractivity contribution in [3.8, 4) is 11.3 Å². The van der Waals surface area contributed by atoms with Crippen LogP contribution in [0.4, 0.5) is 14.6 Å². The zero-order chi connectivity index (χ0) is 20.4. The van der Waals surface area contributed by atoms with Crippen LogP contribution in [-0.4, -0.2) is 47.0 Å². The summed E-state index contributed by atoms with van der Waals surface area (Å²) in [5.74, 6) is -0.372. The summed E-state index contributed by atoms with van der Waals surface area (Å²) >= 11 is 0. The summed E-state index contributed by atoms with van der Waals surface area (Å²) < 4.78 is 27.3. The summed E-state index contributed by atoms with van der Waals surface area (Å²) in [6.07, 6.45) is 0. The first-order valence-electron chi connectivity index (χ1n) is 9.41. The maximum absolute atomic E-state index is 13.9. The van der Waals surface area contributed by atoms with Gasteiger partial charge >= 0.3 is 0 Å². The summed E-state index contributed by atoms with van der Waals surface area (Å²) in [5, 5.41) is 0. The lowest BCUT2D eigenvalue weighted by Crippen LogP contribution is -2.49. The SMILES string of the molecule is Cc1nc(-c2ccccc2)cc(N2CCN(C(=O)c3cc(F)ccc3F)CC2)n1. The van der Waals surface area contributed by atoms with Gasteiger partial charge in [0.05, 0.1) is 11.3 Å². The molecule has 1 aromatic heterocycles. The lowest BCUT2D eigenvalue weighted by Gasteiger charge is -2.35. The first-order chi connectivity index (χ1) is 14.0. The molecule has 0 N–H and O–H groups in total. The number of hydrogen-bond donors (Lipinski definition) is 0. The van der Waals surface area contributed by atoms with Gasteiger partial charge in [0.25, 0.3) is 5.91 Å². The molecular formula is C22H20F2N4O. The highest BCUT2D eigenvalue weighted by Crippen LogP contribution is 2.23. The molecule has 4 rings (SSSR count). The molecule has 0 bridgehead atoms. The van der Waals surface area contributed by atoms with E-state index in [1.807, 2.05) is 43.3 Å². The van der Waals surface area contributed by atoms with Crippen LogP contribution in [-0.2, 0) is 0 Å². The van der Waals surface area contributed by atoms with E-state index >= 15 is 0 Å². The molecule has 29 heavy (non-hydrogen) atoms. The minimum atomic E-state index is -0.710. The van der Waals surface area contributed by atoms with E-state index in [0.717, 1.165) is 35.3 Å². The number of carbonyl (C=O) groups excluding carboxylic acids is 1. The highest BCUT2D eigenvalue weighted by atomic mass is 19.1. The number of carbonyl (C=O) groups is 1. The Bertz CT molecular complexity index is 1030. The second-order valence-corrected chi connectivity index (χ2v) is 6.93. The average Bonchev–Trinajstić information content (AvgIpc) is 2.75. The van der Waals surface area contributed by atoms with Crippen LogP contribution in [0.5, 0.6) is 0 Å². The fraction of sp³-hybridized carbons (Fsp3) is 0.227. The maximum atomic E-state index is 13.9. The smallest absolute Gasteiger partial charge is 0.257 e. The van der Waals surface area contributed by atoms with Gasteiger partial charge < -0.3 is 9.80 Å². The number of rotatable bonds is 3. The molecule has 1 fully saturated rings. The van der Waals surface area contributed by atoms with Crippen molar-refractivity contribution >= 4 is 11.7 Å². The van der Waals surface area contributed by atoms with Crippen molar-refractivity contribution < 1.29 is 13.6 Å². The van der Waals surface area contributed by atoms with Gasteiger partial charge in [0.15, 0.2) is 0 Å². The number of hydrogen-bond acceptors (Lipinski definition) is 4. The molecule has 1 amide bonds. The Morgan fingerprint density at radius 3 is 2.38 bits per heavy atom. The average molecular weight is 394 g/mol. The lowest BCUT2D eigenvalue weighted by atomic mass is 10.1. The van der Waals surface area contributed by atoms with E-state index in [1.54, 1.807) is 4.90 Å². The number of piperazine rings is 1. The first kappa shape index (κ1) is 19.0. The Morgan fingerprint density at radius 2 is 1.66 bits per heavy atom. The number of aryl methyl sites for hydroxylation is 1. The second-order valence-electron chi connectivity index (χ2n) is 6.93. The van der Waals surface area contributed by atoms with Crippen molar-refractivity contribution in [3.05, 3.63) is 77.6 Å². The maximum Gasteiger partial charge on any atom is 0.257 e. The van der Waals surface area contributed by atoms with Crippen molar-refractivity contribution in [2.75, 3.05) is 31.1 Å². The number of aromatic nitrogens is 2. The summed E-state index contributed by atoms with van der Waals surface area (Å²) in [6, 6.07) is 14.7. The van der Waals surface area contributed by atoms with Gasteiger partial charge in [-0.15, -0.1) is 0 Å². The van der Waals surface area contributed by atoms with Crippen LogP contribution in [0.2, 0.25) is 0 Å². The molecule has 2 heterocycles. The van der Waals surface area contributed by atoms with Crippen LogP contribution >= 0.6 is 0 Å². The summed E-state index contributed by atoms with van der Waals surface area (Å²) in [7, 11) is 0. The van der Waals surface area contributed by atoms with Crippen LogP contribution in [0.1, 0.15) is 16.2 Å². The molecule has 0 radical (unpaired) electrons. The van der Waals surface area contributed by atoms with E-state index in [0.29, 0.717) is 32.0 Å². The van der Waals surface area contributed by atoms with Crippen LogP contribution in [0.15, 0.2) is 54.6 Å². The third kappa shape index (κ3) is 4.08. The molecule has 1 aliphatic heterocycles. The van der Waals surface area contributed by atoms with Crippen molar-refractivity contribution in [1.82, 2.24) is 14.9 Å². The van der Waals surface area contributed by atoms with Crippen LogP contribution in [0.3, 0.4) is 0 Å². The molecule has 0 spiro atoms. The first-order valence-corrected chi connectivity index (χ1v) is 9.41. The summed E-state index contributed by atoms with van der Waals surface area (Å²) in [4.78, 5) is 25.3. The van der Waals surface area contributed by atoms with Crippen molar-refractivity contribution in [2.24, 2.45) is 0 Å². The minimum absolute atomic E-state index is 0.234. The Morgan fingerprint density at radius 1 is 0.931 bits per heavy atom. The van der Waals surface area contributed by atoms with Crippen LogP contribution < -0.4 is 4.90 Å². The van der Waals surface area contributed by atoms with E-state index in [-0.39, 0.29) is 5.56 Å². The van der Waals surface area contributed by atoms with E-state index in [2.05, 4.69) is 14.9 Å². The molecule has 3 aromatic rings. The van der Waals surface area contributed by atoms with Crippen LogP contribution in [0, 0.1) is 18.6 Å². The summed E-state index contributed by atoms with van der Waals surface area (Å²) in [6.45, 7) is 3.75. The highest BCUT2D eigenvalue weighted by Gasteiger charge is 2.25. The third-order valence-electron chi connectivity index (χ3n) is 4.94. The minimum Gasteiger partial charge on any atom is -0.353 e. The van der Waals surface area contributed by atoms with Gasteiger partial charge in [-0.25, -0.2) is 18.7 Å². The highest BCUT2D eigenvalue weighted by molar-refractivity contribution is 5.94. The van der Waals surface area contributed by atoms with Crippen LogP contribution in [0.25, 0.3) is 11.3 Å². The van der Waals surface area contributed by atoms with Gasteiger partial charge in [0.1, 0.15) is 23.3 Å². The molecule has 0 atom stereocenters. The van der Waals surface area contributed by atoms with Crippen molar-refractivity contribution in [2.45, 2.75) is 6.92 Å². The molecule has 2 aromatic carbocycles. The fourth-order valence-corrected chi connectivity index (χ4v) is 3.44. The van der Waals surface area contributed by atoms with Gasteiger partial charge in [-0.2, -0.15) is 0 Å². The standard InChI is InChI=1S/C22H20F2N4O/c1-15-25-20(16-5-3-2-4-6-16)14-21(26-15)27-9-11-28(12-10-27)22(29)18-13-17(23)7-8-19(18)24/h2-8,13-14H,9-12H2,1H3. The van der Waals surface area contributed by atoms with Gasteiger partial charge in [0.2, 0.25) is 0 Å². The van der Waals surface area contributed by atoms with Crippen molar-refractivity contribution in [3.63, 3.8) is 0 Å². The molecule has 7 heteroatoms.